The number of nitriles is 1. The minimum Gasteiger partial charge on any atom is -0.478 e. The van der Waals surface area contributed by atoms with Crippen LogP contribution in [0.3, 0.4) is 0 Å². The molecule has 1 aliphatic heterocycles. The van der Waals surface area contributed by atoms with Crippen LogP contribution in [0.1, 0.15) is 25.6 Å². The lowest BCUT2D eigenvalue weighted by molar-refractivity contribution is -0.147. The first-order valence-electron chi connectivity index (χ1n) is 10.6. The first-order valence-corrected chi connectivity index (χ1v) is 10.9. The number of carbonyl (C=O) groups is 2. The van der Waals surface area contributed by atoms with Gasteiger partial charge in [-0.05, 0) is 18.2 Å². The highest BCUT2D eigenvalue weighted by molar-refractivity contribution is 6.45. The van der Waals surface area contributed by atoms with Crippen LogP contribution in [0.2, 0.25) is 11.5 Å². The van der Waals surface area contributed by atoms with Gasteiger partial charge in [-0.3, -0.25) is 4.79 Å². The molecule has 0 saturated heterocycles. The van der Waals surface area contributed by atoms with Crippen LogP contribution in [0.25, 0.3) is 10.9 Å². The van der Waals surface area contributed by atoms with Gasteiger partial charge in [-0.25, -0.2) is 9.48 Å². The molecule has 1 amide bonds. The Hall–Kier alpha value is -2.88. The normalized spacial score (nSPS) is 22.4. The summed E-state index contributed by atoms with van der Waals surface area (Å²) >= 11 is 12.4. The Labute approximate surface area is 205 Å². The van der Waals surface area contributed by atoms with Crippen molar-refractivity contribution >= 4 is 46.0 Å². The first-order chi connectivity index (χ1) is 16.4. The predicted molar refractivity (Wildman–Crippen MR) is 120 cm³/mol. The number of aliphatic hydroxyl groups excluding tert-OH is 3. The van der Waals surface area contributed by atoms with E-state index in [9.17, 15) is 35.3 Å². The highest BCUT2D eigenvalue weighted by atomic mass is 35.5. The van der Waals surface area contributed by atoms with Crippen LogP contribution in [0.15, 0.2) is 24.0 Å². The van der Waals surface area contributed by atoms with Gasteiger partial charge in [-0.1, -0.05) is 37.0 Å². The summed E-state index contributed by atoms with van der Waals surface area (Å²) in [7, 11) is 0. The van der Waals surface area contributed by atoms with Crippen LogP contribution in [0.5, 0.6) is 0 Å². The van der Waals surface area contributed by atoms with Gasteiger partial charge in [0.15, 0.2) is 1.41 Å². The number of halogens is 2. The van der Waals surface area contributed by atoms with E-state index in [1.807, 2.05) is 6.07 Å². The number of amides is 1. The van der Waals surface area contributed by atoms with Gasteiger partial charge in [0.05, 0.1) is 39.6 Å². The smallest absolute Gasteiger partial charge is 0.370 e. The van der Waals surface area contributed by atoms with Gasteiger partial charge in [0, 0.05) is 5.92 Å². The van der Waals surface area contributed by atoms with Crippen molar-refractivity contribution in [2.45, 2.75) is 44.2 Å². The minimum absolute atomic E-state index is 0.0197. The number of carbonyl (C=O) groups excluding carboxylic acids is 1. The molecule has 0 aliphatic carbocycles. The molecular formula is C21H22Cl2N4O7. The van der Waals surface area contributed by atoms with Crippen molar-refractivity contribution in [1.29, 1.82) is 5.26 Å². The lowest BCUT2D eigenvalue weighted by Gasteiger charge is -2.40. The number of rotatable bonds is 7. The fourth-order valence-corrected chi connectivity index (χ4v) is 3.94. The van der Waals surface area contributed by atoms with Crippen molar-refractivity contribution in [3.05, 3.63) is 39.7 Å². The number of nitrogens with one attached hydrogen (secondary N) is 1. The number of ether oxygens (including phenoxy) is 1. The van der Waals surface area contributed by atoms with E-state index < -0.39 is 60.6 Å². The van der Waals surface area contributed by atoms with Gasteiger partial charge in [0.25, 0.3) is 0 Å². The molecule has 11 nitrogen and oxygen atoms in total. The Balaban J connectivity index is 2.32. The predicted octanol–water partition coefficient (Wildman–Crippen LogP) is 0.978. The number of nitrogens with zero attached hydrogens (tertiary/aromatic N) is 3. The van der Waals surface area contributed by atoms with Crippen LogP contribution in [-0.2, 0) is 14.3 Å². The Morgan fingerprint density at radius 2 is 2.06 bits per heavy atom. The summed E-state index contributed by atoms with van der Waals surface area (Å²) in [6.07, 6.45) is -4.37. The molecule has 1 aromatic carbocycles. The Kier molecular flexibility index (Phi) is 7.25. The summed E-state index contributed by atoms with van der Waals surface area (Å²) in [6.45, 7) is 2.14. The third kappa shape index (κ3) is 4.68. The second kappa shape index (κ2) is 10.2. The van der Waals surface area contributed by atoms with Crippen molar-refractivity contribution in [3.8, 4) is 6.07 Å². The molecule has 3 rings (SSSR count). The number of hydrogen-bond acceptors (Lipinski definition) is 8. The average Bonchev–Trinajstić information content (AvgIpc) is 3.22. The lowest BCUT2D eigenvalue weighted by Crippen LogP contribution is -2.59. The van der Waals surface area contributed by atoms with Gasteiger partial charge in [-0.2, -0.15) is 10.4 Å². The zero-order valence-electron chi connectivity index (χ0n) is 19.0. The molecule has 5 atom stereocenters. The van der Waals surface area contributed by atoms with E-state index in [2.05, 4.69) is 5.10 Å². The zero-order chi connectivity index (χ0) is 26.2. The van der Waals surface area contributed by atoms with Gasteiger partial charge in [0.2, 0.25) is 11.7 Å². The third-order valence-corrected chi connectivity index (χ3v) is 6.12. The molecule has 0 unspecified atom stereocenters. The molecule has 0 saturated carbocycles. The van der Waals surface area contributed by atoms with Crippen molar-refractivity contribution in [3.63, 3.8) is 0 Å². The van der Waals surface area contributed by atoms with E-state index in [4.69, 9.17) is 29.4 Å². The number of aliphatic carboxylic acids is 1. The van der Waals surface area contributed by atoms with E-state index in [1.54, 1.807) is 0 Å². The Morgan fingerprint density at radius 1 is 1.38 bits per heavy atom. The molecule has 0 fully saturated rings. The van der Waals surface area contributed by atoms with E-state index >= 15 is 0 Å². The van der Waals surface area contributed by atoms with E-state index in [0.717, 1.165) is 10.8 Å². The number of aromatic nitrogens is 2. The van der Waals surface area contributed by atoms with Gasteiger partial charge >= 0.3 is 5.97 Å². The largest absolute Gasteiger partial charge is 0.478 e. The molecule has 0 radical (unpaired) electrons. The topological polar surface area (TPSA) is 178 Å². The lowest BCUT2D eigenvalue weighted by atomic mass is 9.91. The maximum absolute atomic E-state index is 12.8. The van der Waals surface area contributed by atoms with Crippen molar-refractivity contribution in [1.82, 2.24) is 15.1 Å². The third-order valence-electron chi connectivity index (χ3n) is 5.31. The summed E-state index contributed by atoms with van der Waals surface area (Å²) in [5.74, 6) is -3.63. The number of fused-ring (bicyclic) bond motifs is 1. The Bertz CT molecular complexity index is 1230. The molecule has 182 valence electrons. The monoisotopic (exact) mass is 513 g/mol. The average molecular weight is 514 g/mol. The molecule has 0 spiro atoms. The van der Waals surface area contributed by atoms with Crippen molar-refractivity contribution in [2.75, 3.05) is 6.61 Å². The van der Waals surface area contributed by atoms with Crippen LogP contribution in [0.4, 0.5) is 0 Å². The van der Waals surface area contributed by atoms with Crippen LogP contribution >= 0.6 is 23.2 Å². The second-order valence-corrected chi connectivity index (χ2v) is 8.71. The van der Waals surface area contributed by atoms with Crippen LogP contribution < -0.4 is 5.31 Å². The SMILES string of the molecule is [2H]N(C(=O)C(C)C)[C@H]1[C@H]([C@H](O)[C@H](O)CO)OC(C(=O)O)=C[C@@H]1n1nc2ccc(Cl)c(Cl)c2c1C#N. The standard InChI is InChI=1S/C21H22Cl2N4O7/c1-8(2)20(31)25-17-11(5-14(21(32)33)34-19(17)18(30)13(29)7-28)27-12(6-24)15-10(26-27)4-3-9(22)16(15)23/h3-5,8,11,13,17-19,28-30H,7H2,1-2H3,(H,25,31)(H,32,33)/t11-,13+,17+,18+,19+/m0/s1/i/hD. The van der Waals surface area contributed by atoms with Gasteiger partial charge in [0.1, 0.15) is 30.1 Å². The number of benzene rings is 1. The molecular weight excluding hydrogens is 491 g/mol. The number of carboxylic acids is 1. The number of aliphatic hydroxyl groups is 3. The quantitative estimate of drug-likeness (QED) is 0.360. The van der Waals surface area contributed by atoms with E-state index in [1.165, 1.54) is 26.0 Å². The summed E-state index contributed by atoms with van der Waals surface area (Å²) in [6, 6.07) is 2.05. The van der Waals surface area contributed by atoms with Crippen LogP contribution in [0, 0.1) is 17.2 Å². The summed E-state index contributed by atoms with van der Waals surface area (Å²) in [4.78, 5) is 24.6. The van der Waals surface area contributed by atoms with Gasteiger partial charge < -0.3 is 30.5 Å². The fourth-order valence-electron chi connectivity index (χ4n) is 3.54. The highest BCUT2D eigenvalue weighted by Gasteiger charge is 2.45. The minimum atomic E-state index is -1.92. The molecule has 0 bridgehead atoms. The molecule has 1 aromatic heterocycles. The highest BCUT2D eigenvalue weighted by Crippen LogP contribution is 2.37. The molecule has 1 aliphatic rings. The fraction of sp³-hybridized carbons (Fsp3) is 0.429. The second-order valence-electron chi connectivity index (χ2n) is 7.92. The number of hydrogen-bond donors (Lipinski definition) is 5. The van der Waals surface area contributed by atoms with Crippen LogP contribution in [-0.4, -0.2) is 73.0 Å². The van der Waals surface area contributed by atoms with Crippen molar-refractivity contribution in [2.24, 2.45) is 5.92 Å². The Morgan fingerprint density at radius 3 is 2.62 bits per heavy atom. The van der Waals surface area contributed by atoms with Gasteiger partial charge in [-0.15, -0.1) is 0 Å². The summed E-state index contributed by atoms with van der Waals surface area (Å²) in [5.41, 5.74) is 0.0809. The molecule has 5 N–H and O–H groups in total. The summed E-state index contributed by atoms with van der Waals surface area (Å²) in [5, 5.41) is 54.8. The maximum atomic E-state index is 12.8. The van der Waals surface area contributed by atoms with E-state index in [0.29, 0.717) is 5.31 Å². The molecule has 2 heterocycles. The molecule has 34 heavy (non-hydrogen) atoms. The maximum Gasteiger partial charge on any atom is 0.370 e. The number of carboxylic acid groups (broad SMARTS) is 1. The first kappa shape index (κ1) is 24.3. The molecule has 2 aromatic rings. The summed E-state index contributed by atoms with van der Waals surface area (Å²) < 4.78 is 15.0. The molecule has 13 heteroatoms. The van der Waals surface area contributed by atoms with E-state index in [-0.39, 0.29) is 26.6 Å². The zero-order valence-corrected chi connectivity index (χ0v) is 19.5. The van der Waals surface area contributed by atoms with Crippen molar-refractivity contribution < 1.29 is 36.2 Å².